The molecule has 0 saturated heterocycles. The maximum absolute atomic E-state index is 13.9. The number of nitrogens with zero attached hydrogens (tertiary/aromatic N) is 1. The van der Waals surface area contributed by atoms with Crippen molar-refractivity contribution in [3.63, 3.8) is 0 Å². The quantitative estimate of drug-likeness (QED) is 0.423. The number of terminal acetylenes is 1. The van der Waals surface area contributed by atoms with Crippen LogP contribution in [0, 0.1) is 26.3 Å². The van der Waals surface area contributed by atoms with Crippen LogP contribution in [0.25, 0.3) is 0 Å². The van der Waals surface area contributed by atoms with E-state index in [1.54, 1.807) is 26.8 Å². The average molecular weight is 492 g/mol. The molecule has 7 heteroatoms. The van der Waals surface area contributed by atoms with E-state index < -0.39 is 35.6 Å². The molecule has 0 fully saturated rings. The second kappa shape index (κ2) is 12.3. The predicted octanol–water partition coefficient (Wildman–Crippen LogP) is 4.42. The van der Waals surface area contributed by atoms with Gasteiger partial charge in [0.05, 0.1) is 0 Å². The molecule has 2 N–H and O–H groups in total. The van der Waals surface area contributed by atoms with Crippen LogP contribution in [0.2, 0.25) is 0 Å². The molecule has 0 heterocycles. The van der Waals surface area contributed by atoms with E-state index in [-0.39, 0.29) is 12.5 Å². The lowest BCUT2D eigenvalue weighted by atomic mass is 9.94. The Morgan fingerprint density at radius 3 is 2.19 bits per heavy atom. The predicted molar refractivity (Wildman–Crippen MR) is 141 cm³/mol. The van der Waals surface area contributed by atoms with Crippen LogP contribution in [-0.4, -0.2) is 40.5 Å². The van der Waals surface area contributed by atoms with Crippen molar-refractivity contribution in [2.45, 2.75) is 78.6 Å². The van der Waals surface area contributed by atoms with E-state index in [2.05, 4.69) is 16.7 Å². The minimum atomic E-state index is -1.08. The number of carbonyl (C=O) groups excluding carboxylic acids is 3. The molecule has 0 saturated carbocycles. The number of rotatable bonds is 8. The van der Waals surface area contributed by atoms with E-state index in [4.69, 9.17) is 11.2 Å². The van der Waals surface area contributed by atoms with Crippen LogP contribution in [0.15, 0.2) is 48.5 Å². The fraction of sp³-hybridized carbons (Fsp3) is 0.414. The third-order valence-electron chi connectivity index (χ3n) is 5.53. The third-order valence-corrected chi connectivity index (χ3v) is 5.53. The highest BCUT2D eigenvalue weighted by molar-refractivity contribution is 5.93. The van der Waals surface area contributed by atoms with Gasteiger partial charge in [-0.2, -0.15) is 0 Å². The highest BCUT2D eigenvalue weighted by Gasteiger charge is 2.37. The van der Waals surface area contributed by atoms with E-state index in [9.17, 15) is 14.4 Å². The normalized spacial score (nSPS) is 12.8. The van der Waals surface area contributed by atoms with Crippen molar-refractivity contribution < 1.29 is 19.1 Å². The molecule has 2 aromatic rings. The monoisotopic (exact) mass is 491 g/mol. The largest absolute Gasteiger partial charge is 0.444 e. The Kier molecular flexibility index (Phi) is 9.68. The van der Waals surface area contributed by atoms with E-state index in [0.29, 0.717) is 5.56 Å². The molecule has 0 aromatic heterocycles. The SMILES string of the molecule is C#CN(C(=O)C(Cc1ccccc1)NC(=O)OC(C)(C)C)C(C(=O)NC(C)C)c1cccc(C)c1C. The fourth-order valence-corrected chi connectivity index (χ4v) is 3.76. The lowest BCUT2D eigenvalue weighted by molar-refractivity contribution is -0.138. The molecule has 0 spiro atoms. The van der Waals surface area contributed by atoms with E-state index >= 15 is 0 Å². The van der Waals surface area contributed by atoms with Crippen LogP contribution < -0.4 is 10.6 Å². The summed E-state index contributed by atoms with van der Waals surface area (Å²) in [6, 6.07) is 14.9. The Morgan fingerprint density at radius 1 is 1.00 bits per heavy atom. The van der Waals surface area contributed by atoms with E-state index in [1.165, 1.54) is 0 Å². The number of aryl methyl sites for hydroxylation is 1. The van der Waals surface area contributed by atoms with Crippen molar-refractivity contribution in [3.05, 3.63) is 70.8 Å². The van der Waals surface area contributed by atoms with Gasteiger partial charge in [-0.3, -0.25) is 14.5 Å². The second-order valence-corrected chi connectivity index (χ2v) is 10.1. The maximum atomic E-state index is 13.9. The molecule has 192 valence electrons. The van der Waals surface area contributed by atoms with Gasteiger partial charge in [-0.05, 0) is 70.7 Å². The zero-order valence-corrected chi connectivity index (χ0v) is 22.2. The standard InChI is InChI=1S/C29H37N3O4/c1-9-32(25(26(33)30-19(2)3)23-17-13-14-20(4)21(23)5)27(34)24(18-22-15-11-10-12-16-22)31-28(35)36-29(6,7)8/h1,10-17,19,24-25H,18H2,2-8H3,(H,30,33)(H,31,35). The number of amides is 3. The van der Waals surface area contributed by atoms with Gasteiger partial charge in [0, 0.05) is 18.5 Å². The Morgan fingerprint density at radius 2 is 1.64 bits per heavy atom. The van der Waals surface area contributed by atoms with Gasteiger partial charge in [0.1, 0.15) is 17.7 Å². The number of ether oxygens (including phenoxy) is 1. The lowest BCUT2D eigenvalue weighted by Crippen LogP contribution is -2.52. The van der Waals surface area contributed by atoms with Gasteiger partial charge in [-0.25, -0.2) is 4.79 Å². The average Bonchev–Trinajstić information content (AvgIpc) is 2.77. The fourth-order valence-electron chi connectivity index (χ4n) is 3.76. The Bertz CT molecular complexity index is 1110. The van der Waals surface area contributed by atoms with Gasteiger partial charge in [0.2, 0.25) is 5.91 Å². The number of nitrogens with one attached hydrogen (secondary N) is 2. The maximum Gasteiger partial charge on any atom is 0.408 e. The Hall–Kier alpha value is -3.79. The smallest absolute Gasteiger partial charge is 0.408 e. The molecule has 0 aliphatic heterocycles. The van der Waals surface area contributed by atoms with Gasteiger partial charge < -0.3 is 15.4 Å². The summed E-state index contributed by atoms with van der Waals surface area (Å²) in [5.41, 5.74) is 2.50. The highest BCUT2D eigenvalue weighted by Crippen LogP contribution is 2.27. The molecule has 2 aromatic carbocycles. The van der Waals surface area contributed by atoms with Crippen molar-refractivity contribution >= 4 is 17.9 Å². The first kappa shape index (κ1) is 28.4. The number of alkyl carbamates (subject to hydrolysis) is 1. The van der Waals surface area contributed by atoms with E-state index in [0.717, 1.165) is 21.6 Å². The van der Waals surface area contributed by atoms with Crippen LogP contribution in [0.3, 0.4) is 0 Å². The second-order valence-electron chi connectivity index (χ2n) is 10.1. The molecule has 0 bridgehead atoms. The molecule has 36 heavy (non-hydrogen) atoms. The highest BCUT2D eigenvalue weighted by atomic mass is 16.6. The van der Waals surface area contributed by atoms with Crippen LogP contribution in [0.1, 0.15) is 62.9 Å². The molecular weight excluding hydrogens is 454 g/mol. The summed E-state index contributed by atoms with van der Waals surface area (Å²) in [5.74, 6) is -0.988. The first-order valence-electron chi connectivity index (χ1n) is 12.0. The first-order chi connectivity index (χ1) is 16.8. The van der Waals surface area contributed by atoms with Crippen LogP contribution >= 0.6 is 0 Å². The summed E-state index contributed by atoms with van der Waals surface area (Å²) in [5, 5.41) is 5.55. The minimum Gasteiger partial charge on any atom is -0.444 e. The van der Waals surface area contributed by atoms with E-state index in [1.807, 2.05) is 70.2 Å². The van der Waals surface area contributed by atoms with Crippen LogP contribution in [-0.2, 0) is 20.7 Å². The van der Waals surface area contributed by atoms with Gasteiger partial charge in [-0.15, -0.1) is 0 Å². The van der Waals surface area contributed by atoms with Gasteiger partial charge in [0.25, 0.3) is 5.91 Å². The molecule has 0 aliphatic carbocycles. The van der Waals surface area contributed by atoms with Crippen LogP contribution in [0.5, 0.6) is 0 Å². The summed E-state index contributed by atoms with van der Waals surface area (Å²) >= 11 is 0. The number of benzene rings is 2. The molecular formula is C29H37N3O4. The molecule has 0 aliphatic rings. The third kappa shape index (κ3) is 7.88. The zero-order valence-electron chi connectivity index (χ0n) is 22.2. The number of carbonyl (C=O) groups is 3. The number of hydrogen-bond acceptors (Lipinski definition) is 4. The topological polar surface area (TPSA) is 87.7 Å². The summed E-state index contributed by atoms with van der Waals surface area (Å²) in [6.45, 7) is 12.7. The van der Waals surface area contributed by atoms with Gasteiger partial charge >= 0.3 is 6.09 Å². The molecule has 2 atom stereocenters. The van der Waals surface area contributed by atoms with Crippen LogP contribution in [0.4, 0.5) is 4.79 Å². The first-order valence-corrected chi connectivity index (χ1v) is 12.0. The van der Waals surface area contributed by atoms with Crippen molar-refractivity contribution in [1.82, 2.24) is 15.5 Å². The zero-order chi connectivity index (χ0) is 27.0. The summed E-state index contributed by atoms with van der Waals surface area (Å²) in [6.07, 6.45) is 5.29. The molecule has 0 radical (unpaired) electrons. The number of hydrogen-bond donors (Lipinski definition) is 2. The van der Waals surface area contributed by atoms with Gasteiger partial charge in [-0.1, -0.05) is 55.0 Å². The van der Waals surface area contributed by atoms with Crippen molar-refractivity contribution in [3.8, 4) is 12.5 Å². The summed E-state index contributed by atoms with van der Waals surface area (Å²) < 4.78 is 5.40. The lowest BCUT2D eigenvalue weighted by Gasteiger charge is -2.31. The van der Waals surface area contributed by atoms with Gasteiger partial charge in [0.15, 0.2) is 0 Å². The molecule has 2 unspecified atom stereocenters. The molecule has 3 amide bonds. The van der Waals surface area contributed by atoms with Crippen molar-refractivity contribution in [1.29, 1.82) is 0 Å². The molecule has 7 nitrogen and oxygen atoms in total. The Balaban J connectivity index is 2.52. The summed E-state index contributed by atoms with van der Waals surface area (Å²) in [4.78, 5) is 41.0. The van der Waals surface area contributed by atoms with Crippen molar-refractivity contribution in [2.24, 2.45) is 0 Å². The Labute approximate surface area is 214 Å². The minimum absolute atomic E-state index is 0.167. The van der Waals surface area contributed by atoms with Crippen molar-refractivity contribution in [2.75, 3.05) is 0 Å². The summed E-state index contributed by atoms with van der Waals surface area (Å²) in [7, 11) is 0. The molecule has 2 rings (SSSR count).